The van der Waals surface area contributed by atoms with E-state index in [0.717, 1.165) is 0 Å². The zero-order valence-corrected chi connectivity index (χ0v) is 11.4. The van der Waals surface area contributed by atoms with Crippen LogP contribution in [0.15, 0.2) is 0 Å². The zero-order chi connectivity index (χ0) is 13.5. The Balaban J connectivity index is 3.84. The van der Waals surface area contributed by atoms with E-state index in [9.17, 15) is 9.90 Å². The van der Waals surface area contributed by atoms with Crippen molar-refractivity contribution in [2.75, 3.05) is 20.3 Å². The molecule has 0 amide bonds. The first-order chi connectivity index (χ1) is 7.83. The van der Waals surface area contributed by atoms with Crippen molar-refractivity contribution in [3.8, 4) is 0 Å². The van der Waals surface area contributed by atoms with Gasteiger partial charge in [-0.25, -0.2) is 4.79 Å². The van der Waals surface area contributed by atoms with Crippen LogP contribution in [0.3, 0.4) is 0 Å². The van der Waals surface area contributed by atoms with Crippen molar-refractivity contribution in [3.05, 3.63) is 0 Å². The van der Waals surface area contributed by atoms with Crippen molar-refractivity contribution < 1.29 is 24.1 Å². The number of esters is 1. The number of aliphatic hydroxyl groups is 1. The summed E-state index contributed by atoms with van der Waals surface area (Å²) in [5.41, 5.74) is -1.42. The molecule has 0 radical (unpaired) electrons. The molecule has 0 aliphatic carbocycles. The Morgan fingerprint density at radius 1 is 1.29 bits per heavy atom. The van der Waals surface area contributed by atoms with Gasteiger partial charge in [-0.3, -0.25) is 0 Å². The lowest BCUT2D eigenvalue weighted by molar-refractivity contribution is -0.168. The molecule has 5 nitrogen and oxygen atoms in total. The van der Waals surface area contributed by atoms with Crippen LogP contribution < -0.4 is 0 Å². The summed E-state index contributed by atoms with van der Waals surface area (Å²) in [4.78, 5) is 11.4. The minimum Gasteiger partial charge on any atom is -0.461 e. The van der Waals surface area contributed by atoms with E-state index in [2.05, 4.69) is 0 Å². The largest absolute Gasteiger partial charge is 0.461 e. The molecule has 0 aliphatic rings. The van der Waals surface area contributed by atoms with Gasteiger partial charge in [0.05, 0.1) is 18.8 Å². The maximum Gasteiger partial charge on any atom is 0.337 e. The van der Waals surface area contributed by atoms with Crippen molar-refractivity contribution in [1.29, 1.82) is 0 Å². The zero-order valence-electron chi connectivity index (χ0n) is 11.4. The normalized spacial score (nSPS) is 18.2. The van der Waals surface area contributed by atoms with Gasteiger partial charge >= 0.3 is 5.97 Å². The van der Waals surface area contributed by atoms with Crippen LogP contribution in [-0.4, -0.2) is 49.2 Å². The number of hydrogen-bond acceptors (Lipinski definition) is 5. The standard InChI is InChI=1S/C12H24O5/c1-6-12(4,14)11(13)17-8-10(3)16-7-9(2)15-5/h9-10,14H,6-8H2,1-5H3. The van der Waals surface area contributed by atoms with E-state index in [1.165, 1.54) is 6.92 Å². The number of methoxy groups -OCH3 is 1. The fourth-order valence-corrected chi connectivity index (χ4v) is 0.909. The highest BCUT2D eigenvalue weighted by Crippen LogP contribution is 2.11. The van der Waals surface area contributed by atoms with E-state index >= 15 is 0 Å². The second-order valence-electron chi connectivity index (χ2n) is 4.42. The Hall–Kier alpha value is -0.650. The van der Waals surface area contributed by atoms with Crippen molar-refractivity contribution in [2.45, 2.75) is 51.9 Å². The fraction of sp³-hybridized carbons (Fsp3) is 0.917. The Morgan fingerprint density at radius 2 is 1.88 bits per heavy atom. The number of hydrogen-bond donors (Lipinski definition) is 1. The predicted molar refractivity (Wildman–Crippen MR) is 63.8 cm³/mol. The highest BCUT2D eigenvalue weighted by atomic mass is 16.6. The molecule has 0 fully saturated rings. The molecule has 3 atom stereocenters. The molecule has 0 aromatic rings. The Bertz CT molecular complexity index is 227. The molecule has 17 heavy (non-hydrogen) atoms. The second kappa shape index (κ2) is 7.63. The van der Waals surface area contributed by atoms with Crippen molar-refractivity contribution in [1.82, 2.24) is 0 Å². The number of carbonyl (C=O) groups excluding carboxylic acids is 1. The first-order valence-corrected chi connectivity index (χ1v) is 5.87. The summed E-state index contributed by atoms with van der Waals surface area (Å²) < 4.78 is 15.4. The first-order valence-electron chi connectivity index (χ1n) is 5.87. The van der Waals surface area contributed by atoms with E-state index in [1.807, 2.05) is 6.92 Å². The highest BCUT2D eigenvalue weighted by molar-refractivity contribution is 5.78. The summed E-state index contributed by atoms with van der Waals surface area (Å²) in [5.74, 6) is -0.616. The average molecular weight is 248 g/mol. The number of ether oxygens (including phenoxy) is 3. The maximum atomic E-state index is 11.4. The number of carbonyl (C=O) groups is 1. The highest BCUT2D eigenvalue weighted by Gasteiger charge is 2.30. The minimum absolute atomic E-state index is 0.00639. The van der Waals surface area contributed by atoms with Crippen LogP contribution in [0.5, 0.6) is 0 Å². The smallest absolute Gasteiger partial charge is 0.337 e. The van der Waals surface area contributed by atoms with Crippen molar-refractivity contribution in [2.24, 2.45) is 0 Å². The molecule has 0 heterocycles. The molecule has 0 aromatic heterocycles. The Kier molecular flexibility index (Phi) is 7.34. The van der Waals surface area contributed by atoms with E-state index in [0.29, 0.717) is 13.0 Å². The van der Waals surface area contributed by atoms with E-state index in [4.69, 9.17) is 14.2 Å². The van der Waals surface area contributed by atoms with E-state index < -0.39 is 11.6 Å². The van der Waals surface area contributed by atoms with Gasteiger partial charge in [-0.2, -0.15) is 0 Å². The molecule has 0 bridgehead atoms. The van der Waals surface area contributed by atoms with E-state index in [1.54, 1.807) is 21.0 Å². The van der Waals surface area contributed by atoms with Crippen molar-refractivity contribution in [3.63, 3.8) is 0 Å². The summed E-state index contributed by atoms with van der Waals surface area (Å²) >= 11 is 0. The van der Waals surface area contributed by atoms with Crippen LogP contribution in [0.2, 0.25) is 0 Å². The van der Waals surface area contributed by atoms with Gasteiger partial charge in [-0.05, 0) is 27.2 Å². The third-order valence-electron chi connectivity index (χ3n) is 2.60. The molecular formula is C12H24O5. The minimum atomic E-state index is -1.42. The summed E-state index contributed by atoms with van der Waals surface area (Å²) in [6.45, 7) is 7.43. The monoisotopic (exact) mass is 248 g/mol. The first kappa shape index (κ1) is 16.4. The Morgan fingerprint density at radius 3 is 2.35 bits per heavy atom. The molecule has 0 aromatic carbocycles. The lowest BCUT2D eigenvalue weighted by Gasteiger charge is -2.21. The summed E-state index contributed by atoms with van der Waals surface area (Å²) in [6, 6.07) is 0. The van der Waals surface area contributed by atoms with Crippen LogP contribution >= 0.6 is 0 Å². The topological polar surface area (TPSA) is 65.0 Å². The summed E-state index contributed by atoms with van der Waals surface area (Å²) in [7, 11) is 1.61. The molecule has 102 valence electrons. The van der Waals surface area contributed by atoms with Gasteiger partial charge in [-0.1, -0.05) is 6.92 Å². The molecule has 5 heteroatoms. The van der Waals surface area contributed by atoms with Gasteiger partial charge in [0.1, 0.15) is 6.61 Å². The van der Waals surface area contributed by atoms with Gasteiger partial charge < -0.3 is 19.3 Å². The predicted octanol–water partition coefficient (Wildman–Crippen LogP) is 1.13. The molecule has 3 unspecified atom stereocenters. The van der Waals surface area contributed by atoms with E-state index in [-0.39, 0.29) is 18.8 Å². The van der Waals surface area contributed by atoms with Gasteiger partial charge in [0.2, 0.25) is 0 Å². The third-order valence-corrected chi connectivity index (χ3v) is 2.60. The van der Waals surface area contributed by atoms with Crippen LogP contribution in [0.4, 0.5) is 0 Å². The molecule has 0 spiro atoms. The van der Waals surface area contributed by atoms with Gasteiger partial charge in [0.15, 0.2) is 5.60 Å². The maximum absolute atomic E-state index is 11.4. The van der Waals surface area contributed by atoms with Crippen molar-refractivity contribution >= 4 is 5.97 Å². The SMILES string of the molecule is CCC(C)(O)C(=O)OCC(C)OCC(C)OC. The number of rotatable bonds is 8. The molecule has 0 aliphatic heterocycles. The molecular weight excluding hydrogens is 224 g/mol. The second-order valence-corrected chi connectivity index (χ2v) is 4.42. The molecule has 0 saturated heterocycles. The summed E-state index contributed by atoms with van der Waals surface area (Å²) in [6.07, 6.45) is 0.109. The fourth-order valence-electron chi connectivity index (χ4n) is 0.909. The molecule has 1 N–H and O–H groups in total. The third kappa shape index (κ3) is 6.61. The quantitative estimate of drug-likeness (QED) is 0.652. The van der Waals surface area contributed by atoms with Crippen LogP contribution in [0.25, 0.3) is 0 Å². The van der Waals surface area contributed by atoms with Gasteiger partial charge in [0.25, 0.3) is 0 Å². The lowest BCUT2D eigenvalue weighted by Crippen LogP contribution is -2.37. The van der Waals surface area contributed by atoms with Crippen LogP contribution in [0, 0.1) is 0 Å². The molecule has 0 rings (SSSR count). The average Bonchev–Trinajstić information content (AvgIpc) is 2.32. The Labute approximate surface area is 103 Å². The molecule has 0 saturated carbocycles. The summed E-state index contributed by atoms with van der Waals surface area (Å²) in [5, 5.41) is 9.63. The van der Waals surface area contributed by atoms with Crippen LogP contribution in [0.1, 0.15) is 34.1 Å². The van der Waals surface area contributed by atoms with Gasteiger partial charge in [-0.15, -0.1) is 0 Å². The van der Waals surface area contributed by atoms with Crippen LogP contribution in [-0.2, 0) is 19.0 Å². The lowest BCUT2D eigenvalue weighted by atomic mass is 10.1. The van der Waals surface area contributed by atoms with Gasteiger partial charge in [0, 0.05) is 7.11 Å².